The molecule has 3 aromatic rings. The number of nitrogens with zero attached hydrogens (tertiary/aromatic N) is 1. The highest BCUT2D eigenvalue weighted by molar-refractivity contribution is 7.89. The third-order valence-electron chi connectivity index (χ3n) is 5.28. The highest BCUT2D eigenvalue weighted by Gasteiger charge is 2.48. The van der Waals surface area contributed by atoms with E-state index in [9.17, 15) is 27.2 Å². The molecule has 1 heterocycles. The van der Waals surface area contributed by atoms with Crippen LogP contribution in [0.4, 0.5) is 4.39 Å². The van der Waals surface area contributed by atoms with Gasteiger partial charge in [0.1, 0.15) is 5.82 Å². The number of hydrogen-bond donors (Lipinski definition) is 1. The van der Waals surface area contributed by atoms with Crippen molar-refractivity contribution in [1.82, 2.24) is 9.62 Å². The molecule has 3 aromatic carbocycles. The lowest BCUT2D eigenvalue weighted by Gasteiger charge is -2.33. The SMILES string of the molecule is O=C(CN1C(C(=O)c2ccccc2)C(=O)c2ccccc2S1(=O)=O)NCc1ccc(F)cc1. The van der Waals surface area contributed by atoms with Crippen molar-refractivity contribution in [1.29, 1.82) is 0 Å². The summed E-state index contributed by atoms with van der Waals surface area (Å²) in [7, 11) is -4.32. The highest BCUT2D eigenvalue weighted by Crippen LogP contribution is 2.31. The maximum absolute atomic E-state index is 13.3. The number of sulfonamides is 1. The van der Waals surface area contributed by atoms with Crippen LogP contribution in [0.5, 0.6) is 0 Å². The molecule has 4 rings (SSSR count). The number of Topliss-reactive ketones (excluding diaryl/α,β-unsaturated/α-hetero) is 2. The molecule has 7 nitrogen and oxygen atoms in total. The second kappa shape index (κ2) is 9.05. The number of ketones is 2. The van der Waals surface area contributed by atoms with Crippen LogP contribution in [0, 0.1) is 5.82 Å². The standard InChI is InChI=1S/C24H19FN2O5S/c25-18-12-10-16(11-13-18)14-26-21(28)15-27-22(23(29)17-6-2-1-3-7-17)24(30)19-8-4-5-9-20(19)33(27,31)32/h1-13,22H,14-15H2,(H,26,28). The first kappa shape index (κ1) is 22.5. The number of benzene rings is 3. The maximum atomic E-state index is 13.3. The van der Waals surface area contributed by atoms with E-state index in [1.54, 1.807) is 18.2 Å². The van der Waals surface area contributed by atoms with E-state index >= 15 is 0 Å². The molecular weight excluding hydrogens is 447 g/mol. The number of rotatable bonds is 6. The van der Waals surface area contributed by atoms with E-state index in [1.807, 2.05) is 0 Å². The van der Waals surface area contributed by atoms with Crippen LogP contribution < -0.4 is 5.32 Å². The number of nitrogens with one attached hydrogen (secondary N) is 1. The van der Waals surface area contributed by atoms with Gasteiger partial charge in [-0.2, -0.15) is 4.31 Å². The van der Waals surface area contributed by atoms with Gasteiger partial charge in [0.05, 0.1) is 11.4 Å². The molecule has 0 bridgehead atoms. The molecule has 0 radical (unpaired) electrons. The second-order valence-corrected chi connectivity index (χ2v) is 9.31. The first-order chi connectivity index (χ1) is 15.8. The topological polar surface area (TPSA) is 101 Å². The molecule has 0 aromatic heterocycles. The van der Waals surface area contributed by atoms with Crippen LogP contribution in [0.15, 0.2) is 83.8 Å². The van der Waals surface area contributed by atoms with Crippen molar-refractivity contribution in [3.05, 3.63) is 101 Å². The van der Waals surface area contributed by atoms with Gasteiger partial charge in [-0.15, -0.1) is 0 Å². The zero-order valence-corrected chi connectivity index (χ0v) is 18.1. The van der Waals surface area contributed by atoms with Gasteiger partial charge in [-0.05, 0) is 29.8 Å². The number of halogens is 1. The Hall–Kier alpha value is -3.69. The van der Waals surface area contributed by atoms with Gasteiger partial charge >= 0.3 is 0 Å². The molecule has 168 valence electrons. The first-order valence-electron chi connectivity index (χ1n) is 10.0. The molecule has 9 heteroatoms. The first-order valence-corrected chi connectivity index (χ1v) is 11.5. The van der Waals surface area contributed by atoms with E-state index in [4.69, 9.17) is 0 Å². The van der Waals surface area contributed by atoms with Gasteiger partial charge in [0.15, 0.2) is 17.6 Å². The fourth-order valence-corrected chi connectivity index (χ4v) is 5.33. The van der Waals surface area contributed by atoms with E-state index in [2.05, 4.69) is 5.32 Å². The monoisotopic (exact) mass is 466 g/mol. The van der Waals surface area contributed by atoms with Gasteiger partial charge in [0, 0.05) is 17.7 Å². The van der Waals surface area contributed by atoms with E-state index in [0.717, 1.165) is 0 Å². The number of carbonyl (C=O) groups excluding carboxylic acids is 3. The molecule has 1 aliphatic rings. The predicted octanol–water partition coefficient (Wildman–Crippen LogP) is 2.58. The molecule has 1 aliphatic heterocycles. The molecule has 0 fully saturated rings. The summed E-state index contributed by atoms with van der Waals surface area (Å²) in [5, 5.41) is 2.55. The molecule has 0 saturated heterocycles. The van der Waals surface area contributed by atoms with Crippen molar-refractivity contribution < 1.29 is 27.2 Å². The average molecular weight is 466 g/mol. The Kier molecular flexibility index (Phi) is 6.17. The quantitative estimate of drug-likeness (QED) is 0.445. The lowest BCUT2D eigenvalue weighted by atomic mass is 9.96. The van der Waals surface area contributed by atoms with Crippen molar-refractivity contribution in [2.75, 3.05) is 6.54 Å². The average Bonchev–Trinajstić information content (AvgIpc) is 2.83. The Morgan fingerprint density at radius 1 is 0.909 bits per heavy atom. The van der Waals surface area contributed by atoms with Crippen molar-refractivity contribution in [2.45, 2.75) is 17.5 Å². The minimum atomic E-state index is -4.32. The smallest absolute Gasteiger partial charge is 0.245 e. The third kappa shape index (κ3) is 4.46. The summed E-state index contributed by atoms with van der Waals surface area (Å²) >= 11 is 0. The van der Waals surface area contributed by atoms with Gasteiger partial charge in [-0.25, -0.2) is 12.8 Å². The van der Waals surface area contributed by atoms with Gasteiger partial charge in [-0.3, -0.25) is 14.4 Å². The van der Waals surface area contributed by atoms with E-state index in [0.29, 0.717) is 9.87 Å². The van der Waals surface area contributed by atoms with Crippen LogP contribution in [0.2, 0.25) is 0 Å². The lowest BCUT2D eigenvalue weighted by molar-refractivity contribution is -0.121. The summed E-state index contributed by atoms with van der Waals surface area (Å²) in [6.07, 6.45) is 0. The van der Waals surface area contributed by atoms with Crippen molar-refractivity contribution >= 4 is 27.5 Å². The van der Waals surface area contributed by atoms with Crippen LogP contribution in [-0.4, -0.2) is 42.8 Å². The van der Waals surface area contributed by atoms with Crippen LogP contribution in [-0.2, 0) is 21.4 Å². The van der Waals surface area contributed by atoms with Crippen molar-refractivity contribution in [3.63, 3.8) is 0 Å². The van der Waals surface area contributed by atoms with E-state index in [-0.39, 0.29) is 22.6 Å². The van der Waals surface area contributed by atoms with Gasteiger partial charge in [0.25, 0.3) is 0 Å². The number of amides is 1. The van der Waals surface area contributed by atoms with Crippen LogP contribution >= 0.6 is 0 Å². The van der Waals surface area contributed by atoms with E-state index in [1.165, 1.54) is 60.7 Å². The van der Waals surface area contributed by atoms with Crippen LogP contribution in [0.1, 0.15) is 26.3 Å². The molecule has 33 heavy (non-hydrogen) atoms. The van der Waals surface area contributed by atoms with E-state index < -0.39 is 45.9 Å². The molecule has 1 N–H and O–H groups in total. The number of fused-ring (bicyclic) bond motifs is 1. The summed E-state index contributed by atoms with van der Waals surface area (Å²) in [6.45, 7) is -0.707. The molecule has 0 aliphatic carbocycles. The Morgan fingerprint density at radius 2 is 1.55 bits per heavy atom. The molecule has 1 atom stereocenters. The number of carbonyl (C=O) groups is 3. The Bertz CT molecular complexity index is 1320. The Balaban J connectivity index is 1.66. The predicted molar refractivity (Wildman–Crippen MR) is 117 cm³/mol. The number of hydrogen-bond acceptors (Lipinski definition) is 5. The highest BCUT2D eigenvalue weighted by atomic mass is 32.2. The normalized spacial score (nSPS) is 17.2. The summed E-state index contributed by atoms with van der Waals surface area (Å²) in [6, 6.07) is 17.2. The fraction of sp³-hybridized carbons (Fsp3) is 0.125. The maximum Gasteiger partial charge on any atom is 0.245 e. The fourth-order valence-electron chi connectivity index (χ4n) is 3.63. The zero-order valence-electron chi connectivity index (χ0n) is 17.3. The van der Waals surface area contributed by atoms with Gasteiger partial charge in [0.2, 0.25) is 15.9 Å². The summed E-state index contributed by atoms with van der Waals surface area (Å²) < 4.78 is 40.4. The summed E-state index contributed by atoms with van der Waals surface area (Å²) in [5.74, 6) is -2.55. The lowest BCUT2D eigenvalue weighted by Crippen LogP contribution is -2.56. The molecule has 1 unspecified atom stereocenters. The summed E-state index contributed by atoms with van der Waals surface area (Å²) in [4.78, 5) is 38.8. The van der Waals surface area contributed by atoms with Gasteiger partial charge < -0.3 is 5.32 Å². The van der Waals surface area contributed by atoms with Gasteiger partial charge in [-0.1, -0.05) is 54.6 Å². The minimum Gasteiger partial charge on any atom is -0.351 e. The summed E-state index contributed by atoms with van der Waals surface area (Å²) in [5.41, 5.74) is 0.668. The third-order valence-corrected chi connectivity index (χ3v) is 7.15. The Morgan fingerprint density at radius 3 is 2.24 bits per heavy atom. The molecule has 0 saturated carbocycles. The second-order valence-electron chi connectivity index (χ2n) is 7.45. The Labute approximate surface area is 189 Å². The molecular formula is C24H19FN2O5S. The molecule has 1 amide bonds. The molecule has 0 spiro atoms. The van der Waals surface area contributed by atoms with Crippen LogP contribution in [0.25, 0.3) is 0 Å². The zero-order chi connectivity index (χ0) is 23.6. The van der Waals surface area contributed by atoms with Crippen LogP contribution in [0.3, 0.4) is 0 Å². The minimum absolute atomic E-state index is 0.0227. The largest absolute Gasteiger partial charge is 0.351 e. The van der Waals surface area contributed by atoms with Crippen molar-refractivity contribution in [2.24, 2.45) is 0 Å². The van der Waals surface area contributed by atoms with Crippen molar-refractivity contribution in [3.8, 4) is 0 Å².